The molecule has 4 rings (SSSR count). The summed E-state index contributed by atoms with van der Waals surface area (Å²) in [5, 5.41) is 6.68. The summed E-state index contributed by atoms with van der Waals surface area (Å²) in [6.45, 7) is 3.23. The molecule has 0 aromatic heterocycles. The molecule has 2 aliphatic rings. The Morgan fingerprint density at radius 3 is 2.56 bits per heavy atom. The molecule has 2 amide bonds. The zero-order valence-electron chi connectivity index (χ0n) is 15.3. The highest BCUT2D eigenvalue weighted by Crippen LogP contribution is 2.33. The molecular weight excluding hydrogens is 358 g/mol. The topological polar surface area (TPSA) is 61.4 Å². The van der Waals surface area contributed by atoms with Crippen molar-refractivity contribution in [3.8, 4) is 0 Å². The van der Waals surface area contributed by atoms with Crippen molar-refractivity contribution in [2.45, 2.75) is 30.3 Å². The van der Waals surface area contributed by atoms with Gasteiger partial charge in [-0.25, -0.2) is 0 Å². The normalized spacial score (nSPS) is 17.8. The summed E-state index contributed by atoms with van der Waals surface area (Å²) in [6, 6.07) is 15.8. The monoisotopic (exact) mass is 381 g/mol. The molecule has 0 bridgehead atoms. The fraction of sp³-hybridized carbons (Fsp3) is 0.333. The lowest BCUT2D eigenvalue weighted by Crippen LogP contribution is -2.63. The molecular formula is C21H23N3O2S. The molecule has 1 fully saturated rings. The van der Waals surface area contributed by atoms with E-state index < -0.39 is 5.66 Å². The summed E-state index contributed by atoms with van der Waals surface area (Å²) in [6.07, 6.45) is 1.40. The van der Waals surface area contributed by atoms with E-state index in [4.69, 9.17) is 0 Å². The Balaban J connectivity index is 1.37. The minimum atomic E-state index is -0.457. The van der Waals surface area contributed by atoms with E-state index in [2.05, 4.69) is 10.6 Å². The van der Waals surface area contributed by atoms with E-state index in [0.717, 1.165) is 21.7 Å². The van der Waals surface area contributed by atoms with Gasteiger partial charge in [0.15, 0.2) is 0 Å². The average Bonchev–Trinajstić information content (AvgIpc) is 2.67. The molecule has 1 spiro atoms. The lowest BCUT2D eigenvalue weighted by Gasteiger charge is -2.46. The van der Waals surface area contributed by atoms with Crippen LogP contribution in [-0.2, 0) is 4.79 Å². The summed E-state index contributed by atoms with van der Waals surface area (Å²) in [4.78, 5) is 28.2. The van der Waals surface area contributed by atoms with Crippen LogP contribution >= 0.6 is 11.8 Å². The number of benzene rings is 2. The number of likely N-dealkylation sites (tertiary alicyclic amines) is 1. The summed E-state index contributed by atoms with van der Waals surface area (Å²) in [5.74, 6) is 0.567. The number of aryl methyl sites for hydroxylation is 1. The maximum absolute atomic E-state index is 12.6. The van der Waals surface area contributed by atoms with Gasteiger partial charge in [0, 0.05) is 36.5 Å². The summed E-state index contributed by atoms with van der Waals surface area (Å²) >= 11 is 1.57. The molecule has 0 radical (unpaired) electrons. The minimum absolute atomic E-state index is 0.0266. The molecule has 2 aromatic carbocycles. The van der Waals surface area contributed by atoms with Crippen molar-refractivity contribution in [2.24, 2.45) is 0 Å². The molecule has 0 unspecified atom stereocenters. The number of piperidine rings is 1. The second-order valence-electron chi connectivity index (χ2n) is 7.14. The van der Waals surface area contributed by atoms with E-state index in [0.29, 0.717) is 31.7 Å². The van der Waals surface area contributed by atoms with E-state index in [1.54, 1.807) is 11.8 Å². The molecule has 27 heavy (non-hydrogen) atoms. The van der Waals surface area contributed by atoms with Gasteiger partial charge >= 0.3 is 0 Å². The fourth-order valence-electron chi connectivity index (χ4n) is 3.78. The largest absolute Gasteiger partial charge is 0.362 e. The third-order valence-corrected chi connectivity index (χ3v) is 6.30. The van der Waals surface area contributed by atoms with E-state index in [1.807, 2.05) is 60.4 Å². The number of nitrogens with zero attached hydrogens (tertiary/aromatic N) is 1. The molecule has 0 saturated carbocycles. The number of carbonyl (C=O) groups excluding carboxylic acids is 2. The second-order valence-corrected chi connectivity index (χ2v) is 8.19. The van der Waals surface area contributed by atoms with Crippen LogP contribution in [0.25, 0.3) is 0 Å². The first-order valence-corrected chi connectivity index (χ1v) is 10.2. The first-order valence-electron chi connectivity index (χ1n) is 9.22. The lowest BCUT2D eigenvalue weighted by atomic mass is 9.91. The highest BCUT2D eigenvalue weighted by molar-refractivity contribution is 8.00. The Morgan fingerprint density at radius 1 is 1.07 bits per heavy atom. The summed E-state index contributed by atoms with van der Waals surface area (Å²) in [5.41, 5.74) is 2.12. The van der Waals surface area contributed by atoms with Crippen LogP contribution in [0, 0.1) is 6.92 Å². The third-order valence-electron chi connectivity index (χ3n) is 5.30. The van der Waals surface area contributed by atoms with Gasteiger partial charge in [0.1, 0.15) is 5.66 Å². The number of nitrogens with one attached hydrogen (secondary N) is 2. The minimum Gasteiger partial charge on any atom is -0.362 e. The molecule has 1 saturated heterocycles. The molecule has 2 aliphatic heterocycles. The Bertz CT molecular complexity index is 861. The van der Waals surface area contributed by atoms with E-state index in [1.165, 1.54) is 0 Å². The standard InChI is InChI=1S/C21H23N3O2S/c1-15-6-5-9-17-19(15)20(26)23-21(22-17)10-12-24(13-11-21)18(25)14-27-16-7-3-2-4-8-16/h2-9,22H,10-14H2,1H3,(H,23,26). The molecule has 2 aromatic rings. The Kier molecular flexibility index (Phi) is 4.83. The van der Waals surface area contributed by atoms with Crippen molar-refractivity contribution in [2.75, 3.05) is 24.2 Å². The maximum atomic E-state index is 12.6. The number of fused-ring (bicyclic) bond motifs is 1. The van der Waals surface area contributed by atoms with Crippen LogP contribution in [0.3, 0.4) is 0 Å². The second kappa shape index (κ2) is 7.27. The van der Waals surface area contributed by atoms with Gasteiger partial charge in [-0.05, 0) is 30.7 Å². The number of carbonyl (C=O) groups is 2. The van der Waals surface area contributed by atoms with Crippen LogP contribution in [0.15, 0.2) is 53.4 Å². The van der Waals surface area contributed by atoms with Crippen molar-refractivity contribution >= 4 is 29.3 Å². The van der Waals surface area contributed by atoms with Crippen LogP contribution in [0.5, 0.6) is 0 Å². The van der Waals surface area contributed by atoms with E-state index in [-0.39, 0.29) is 11.8 Å². The van der Waals surface area contributed by atoms with Gasteiger partial charge in [-0.15, -0.1) is 11.8 Å². The van der Waals surface area contributed by atoms with Gasteiger partial charge in [0.2, 0.25) is 5.91 Å². The van der Waals surface area contributed by atoms with Gasteiger partial charge in [-0.1, -0.05) is 30.3 Å². The third kappa shape index (κ3) is 3.67. The molecule has 5 nitrogen and oxygen atoms in total. The van der Waals surface area contributed by atoms with Crippen LogP contribution in [0.1, 0.15) is 28.8 Å². The number of thioether (sulfide) groups is 1. The van der Waals surface area contributed by atoms with Gasteiger partial charge in [-0.2, -0.15) is 0 Å². The quantitative estimate of drug-likeness (QED) is 0.801. The highest BCUT2D eigenvalue weighted by Gasteiger charge is 2.41. The average molecular weight is 382 g/mol. The lowest BCUT2D eigenvalue weighted by molar-refractivity contribution is -0.129. The molecule has 6 heteroatoms. The maximum Gasteiger partial charge on any atom is 0.255 e. The summed E-state index contributed by atoms with van der Waals surface area (Å²) < 4.78 is 0. The SMILES string of the molecule is Cc1cccc2c1C(=O)NC1(CCN(C(=O)CSc3ccccc3)CC1)N2. The van der Waals surface area contributed by atoms with Crippen molar-refractivity contribution in [3.05, 3.63) is 59.7 Å². The van der Waals surface area contributed by atoms with Crippen molar-refractivity contribution < 1.29 is 9.59 Å². The zero-order valence-corrected chi connectivity index (χ0v) is 16.1. The molecule has 0 aliphatic carbocycles. The van der Waals surface area contributed by atoms with Gasteiger partial charge in [0.25, 0.3) is 5.91 Å². The van der Waals surface area contributed by atoms with Gasteiger partial charge < -0.3 is 15.5 Å². The van der Waals surface area contributed by atoms with Crippen molar-refractivity contribution in [3.63, 3.8) is 0 Å². The predicted molar refractivity (Wildman–Crippen MR) is 108 cm³/mol. The molecule has 0 atom stereocenters. The Labute approximate surface area is 163 Å². The Morgan fingerprint density at radius 2 is 1.81 bits per heavy atom. The van der Waals surface area contributed by atoms with Gasteiger partial charge in [0.05, 0.1) is 11.3 Å². The fourth-order valence-corrected chi connectivity index (χ4v) is 4.61. The van der Waals surface area contributed by atoms with Crippen molar-refractivity contribution in [1.29, 1.82) is 0 Å². The van der Waals surface area contributed by atoms with Crippen LogP contribution in [0.4, 0.5) is 5.69 Å². The number of hydrogen-bond donors (Lipinski definition) is 2. The molecule has 2 heterocycles. The molecule has 140 valence electrons. The first kappa shape index (κ1) is 17.9. The number of anilines is 1. The molecule has 2 N–H and O–H groups in total. The smallest absolute Gasteiger partial charge is 0.255 e. The van der Waals surface area contributed by atoms with Crippen LogP contribution < -0.4 is 10.6 Å². The number of amides is 2. The number of hydrogen-bond acceptors (Lipinski definition) is 4. The van der Waals surface area contributed by atoms with Gasteiger partial charge in [-0.3, -0.25) is 9.59 Å². The zero-order chi connectivity index (χ0) is 18.9. The van der Waals surface area contributed by atoms with Crippen LogP contribution in [-0.4, -0.2) is 41.2 Å². The first-order chi connectivity index (χ1) is 13.1. The van der Waals surface area contributed by atoms with Crippen LogP contribution in [0.2, 0.25) is 0 Å². The predicted octanol–water partition coefficient (Wildman–Crippen LogP) is 3.26. The highest BCUT2D eigenvalue weighted by atomic mass is 32.2. The van der Waals surface area contributed by atoms with Crippen molar-refractivity contribution in [1.82, 2.24) is 10.2 Å². The summed E-state index contributed by atoms with van der Waals surface area (Å²) in [7, 11) is 0. The Hall–Kier alpha value is -2.47. The van der Waals surface area contributed by atoms with E-state index in [9.17, 15) is 9.59 Å². The number of rotatable bonds is 3. The van der Waals surface area contributed by atoms with E-state index >= 15 is 0 Å².